The number of nitrogens with zero attached hydrogens (tertiary/aromatic N) is 3. The third-order valence-corrected chi connectivity index (χ3v) is 6.57. The number of aromatic nitrogens is 4. The number of hydrogen-bond donors (Lipinski definition) is 3. The second-order valence-electron chi connectivity index (χ2n) is 5.93. The summed E-state index contributed by atoms with van der Waals surface area (Å²) in [7, 11) is -3.99. The number of H-pyrrole nitrogens is 1. The molecule has 28 heavy (non-hydrogen) atoms. The van der Waals surface area contributed by atoms with Crippen molar-refractivity contribution in [2.75, 3.05) is 6.54 Å². The number of fused-ring (bicyclic) bond motifs is 1. The Morgan fingerprint density at radius 2 is 2.07 bits per heavy atom. The Morgan fingerprint density at radius 3 is 2.86 bits per heavy atom. The summed E-state index contributed by atoms with van der Waals surface area (Å²) in [4.78, 5) is -0.170. The number of nitrogens with one attached hydrogen (secondary N) is 2. The van der Waals surface area contributed by atoms with E-state index in [4.69, 9.17) is 0 Å². The van der Waals surface area contributed by atoms with Crippen LogP contribution in [0.5, 0.6) is 0 Å². The molecule has 4 rings (SSSR count). The molecule has 0 amide bonds. The van der Waals surface area contributed by atoms with Gasteiger partial charge in [0.25, 0.3) is 0 Å². The van der Waals surface area contributed by atoms with Crippen LogP contribution in [0.25, 0.3) is 21.5 Å². The summed E-state index contributed by atoms with van der Waals surface area (Å²) >= 11 is 1.47. The van der Waals surface area contributed by atoms with Crippen molar-refractivity contribution < 1.29 is 17.9 Å². The highest BCUT2D eigenvalue weighted by Crippen LogP contribution is 2.30. The highest BCUT2D eigenvalue weighted by molar-refractivity contribution is 7.89. The fourth-order valence-electron chi connectivity index (χ4n) is 2.76. The molecular weight excluding hydrogens is 405 g/mol. The van der Waals surface area contributed by atoms with E-state index in [0.717, 1.165) is 28.3 Å². The SMILES string of the molecule is O=S(=O)(NC[C@H](O)c1csc2ccccc12)c1ccc(F)c(-c2nn[nH]n2)c1. The minimum absolute atomic E-state index is 0.0562. The van der Waals surface area contributed by atoms with Gasteiger partial charge in [0.2, 0.25) is 15.8 Å². The van der Waals surface area contributed by atoms with Gasteiger partial charge in [0.15, 0.2) is 0 Å². The number of benzene rings is 2. The van der Waals surface area contributed by atoms with Crippen LogP contribution in [0.4, 0.5) is 4.39 Å². The zero-order valence-corrected chi connectivity index (χ0v) is 15.8. The van der Waals surface area contributed by atoms with Gasteiger partial charge in [-0.1, -0.05) is 18.2 Å². The maximum Gasteiger partial charge on any atom is 0.240 e. The van der Waals surface area contributed by atoms with Gasteiger partial charge in [-0.2, -0.15) is 5.21 Å². The number of aromatic amines is 1. The fraction of sp³-hybridized carbons (Fsp3) is 0.118. The van der Waals surface area contributed by atoms with E-state index in [1.54, 1.807) is 5.38 Å². The van der Waals surface area contributed by atoms with Crippen molar-refractivity contribution in [1.29, 1.82) is 0 Å². The number of halogens is 1. The monoisotopic (exact) mass is 419 g/mol. The molecular formula is C17H14FN5O3S2. The number of tetrazole rings is 1. The fourth-order valence-corrected chi connectivity index (χ4v) is 4.83. The normalized spacial score (nSPS) is 13.1. The maximum atomic E-state index is 14.0. The average molecular weight is 419 g/mol. The van der Waals surface area contributed by atoms with Crippen molar-refractivity contribution in [1.82, 2.24) is 25.3 Å². The molecule has 3 N–H and O–H groups in total. The summed E-state index contributed by atoms with van der Waals surface area (Å²) < 4.78 is 42.5. The topological polar surface area (TPSA) is 121 Å². The van der Waals surface area contributed by atoms with Crippen LogP contribution in [0.1, 0.15) is 11.7 Å². The zero-order chi connectivity index (χ0) is 19.7. The molecule has 0 aliphatic rings. The Kier molecular flexibility index (Phi) is 4.89. The van der Waals surface area contributed by atoms with Crippen LogP contribution in [-0.4, -0.2) is 40.7 Å². The summed E-state index contributed by atoms with van der Waals surface area (Å²) in [5.74, 6) is -0.732. The molecule has 1 atom stereocenters. The minimum Gasteiger partial charge on any atom is -0.387 e. The number of hydrogen-bond acceptors (Lipinski definition) is 7. The van der Waals surface area contributed by atoms with E-state index in [-0.39, 0.29) is 22.8 Å². The smallest absolute Gasteiger partial charge is 0.240 e. The van der Waals surface area contributed by atoms with Gasteiger partial charge in [0.05, 0.1) is 16.6 Å². The van der Waals surface area contributed by atoms with Crippen molar-refractivity contribution in [2.24, 2.45) is 0 Å². The van der Waals surface area contributed by atoms with Gasteiger partial charge in [-0.15, -0.1) is 21.5 Å². The molecule has 0 spiro atoms. The first-order valence-corrected chi connectivity index (χ1v) is 10.5. The molecule has 2 aromatic heterocycles. The van der Waals surface area contributed by atoms with Crippen LogP contribution >= 0.6 is 11.3 Å². The number of sulfonamides is 1. The predicted octanol–water partition coefficient (Wildman–Crippen LogP) is 2.23. The lowest BCUT2D eigenvalue weighted by Gasteiger charge is -2.12. The van der Waals surface area contributed by atoms with E-state index in [9.17, 15) is 17.9 Å². The summed E-state index contributed by atoms with van der Waals surface area (Å²) in [5, 5.41) is 26.0. The Labute approximate surface area is 163 Å². The molecule has 0 fully saturated rings. The second-order valence-corrected chi connectivity index (χ2v) is 8.61. The molecule has 0 aliphatic heterocycles. The van der Waals surface area contributed by atoms with Crippen LogP contribution in [-0.2, 0) is 10.0 Å². The lowest BCUT2D eigenvalue weighted by Crippen LogP contribution is -2.28. The summed E-state index contributed by atoms with van der Waals surface area (Å²) in [6.45, 7) is -0.224. The van der Waals surface area contributed by atoms with Crippen LogP contribution in [0, 0.1) is 5.82 Å². The zero-order valence-electron chi connectivity index (χ0n) is 14.2. The summed E-state index contributed by atoms with van der Waals surface area (Å²) in [5.41, 5.74) is 0.552. The molecule has 0 saturated heterocycles. The largest absolute Gasteiger partial charge is 0.387 e. The lowest BCUT2D eigenvalue weighted by atomic mass is 10.1. The first-order valence-electron chi connectivity index (χ1n) is 8.13. The molecule has 8 nitrogen and oxygen atoms in total. The maximum absolute atomic E-state index is 14.0. The molecule has 0 radical (unpaired) electrons. The van der Waals surface area contributed by atoms with Crippen molar-refractivity contribution >= 4 is 31.4 Å². The quantitative estimate of drug-likeness (QED) is 0.441. The van der Waals surface area contributed by atoms with E-state index in [1.807, 2.05) is 24.3 Å². The predicted molar refractivity (Wildman–Crippen MR) is 102 cm³/mol. The third kappa shape index (κ3) is 3.52. The van der Waals surface area contributed by atoms with E-state index in [0.29, 0.717) is 5.56 Å². The van der Waals surface area contributed by atoms with E-state index < -0.39 is 21.9 Å². The van der Waals surface area contributed by atoms with Crippen molar-refractivity contribution in [2.45, 2.75) is 11.0 Å². The van der Waals surface area contributed by atoms with E-state index in [2.05, 4.69) is 25.3 Å². The number of aliphatic hydroxyl groups excluding tert-OH is 1. The van der Waals surface area contributed by atoms with Crippen molar-refractivity contribution in [3.63, 3.8) is 0 Å². The lowest BCUT2D eigenvalue weighted by molar-refractivity contribution is 0.184. The van der Waals surface area contributed by atoms with Gasteiger partial charge < -0.3 is 5.11 Å². The first-order chi connectivity index (χ1) is 13.5. The van der Waals surface area contributed by atoms with Gasteiger partial charge in [-0.3, -0.25) is 0 Å². The van der Waals surface area contributed by atoms with E-state index >= 15 is 0 Å². The third-order valence-electron chi connectivity index (χ3n) is 4.17. The van der Waals surface area contributed by atoms with Gasteiger partial charge in [-0.05, 0) is 40.2 Å². The van der Waals surface area contributed by atoms with Gasteiger partial charge in [0, 0.05) is 16.8 Å². The Bertz CT molecular complexity index is 1220. The standard InChI is InChI=1S/C17H14FN5O3S2/c18-14-6-5-10(7-12(14)17-20-22-23-21-17)28(25,26)19-8-15(24)13-9-27-16-4-2-1-3-11(13)16/h1-7,9,15,19,24H,8H2,(H,20,21,22,23)/t15-/m0/s1. The number of aliphatic hydroxyl groups is 1. The van der Waals surface area contributed by atoms with Crippen molar-refractivity contribution in [3.8, 4) is 11.4 Å². The summed E-state index contributed by atoms with van der Waals surface area (Å²) in [6, 6.07) is 10.8. The highest BCUT2D eigenvalue weighted by Gasteiger charge is 2.21. The van der Waals surface area contributed by atoms with Gasteiger partial charge in [-0.25, -0.2) is 17.5 Å². The molecule has 144 valence electrons. The number of thiophene rings is 1. The van der Waals surface area contributed by atoms with Crippen LogP contribution in [0.3, 0.4) is 0 Å². The average Bonchev–Trinajstić information content (AvgIpc) is 3.36. The molecule has 0 aliphatic carbocycles. The van der Waals surface area contributed by atoms with Crippen LogP contribution in [0.2, 0.25) is 0 Å². The Hall–Kier alpha value is -2.73. The molecule has 2 heterocycles. The molecule has 2 aromatic carbocycles. The highest BCUT2D eigenvalue weighted by atomic mass is 32.2. The molecule has 4 aromatic rings. The Morgan fingerprint density at radius 1 is 1.25 bits per heavy atom. The van der Waals surface area contributed by atoms with Gasteiger partial charge in [0.1, 0.15) is 5.82 Å². The first kappa shape index (κ1) is 18.6. The molecule has 0 unspecified atom stereocenters. The van der Waals surface area contributed by atoms with Crippen molar-refractivity contribution in [3.05, 3.63) is 59.2 Å². The molecule has 11 heteroatoms. The molecule has 0 bridgehead atoms. The van der Waals surface area contributed by atoms with E-state index in [1.165, 1.54) is 11.3 Å². The van der Waals surface area contributed by atoms with Gasteiger partial charge >= 0.3 is 0 Å². The molecule has 0 saturated carbocycles. The van der Waals surface area contributed by atoms with Crippen LogP contribution < -0.4 is 4.72 Å². The second kappa shape index (κ2) is 7.36. The summed E-state index contributed by atoms with van der Waals surface area (Å²) in [6.07, 6.45) is -1.02. The minimum atomic E-state index is -3.99. The number of rotatable bonds is 6. The Balaban J connectivity index is 1.55. The van der Waals surface area contributed by atoms with Crippen LogP contribution in [0.15, 0.2) is 52.7 Å².